The molecule has 1 aliphatic heterocycles. The molecular formula is C27H32FN3O2. The Balaban J connectivity index is 1.16. The predicted molar refractivity (Wildman–Crippen MR) is 127 cm³/mol. The summed E-state index contributed by atoms with van der Waals surface area (Å²) in [5, 5.41) is 12.0. The number of halogens is 1. The molecule has 2 aliphatic carbocycles. The van der Waals surface area contributed by atoms with Crippen LogP contribution in [0.3, 0.4) is 0 Å². The minimum absolute atomic E-state index is 0.122. The number of benzene rings is 2. The average Bonchev–Trinajstić information content (AvgIpc) is 3.57. The largest absolute Gasteiger partial charge is 0.497 e. The molecule has 3 aliphatic rings. The van der Waals surface area contributed by atoms with Crippen molar-refractivity contribution in [2.24, 2.45) is 27.3 Å². The van der Waals surface area contributed by atoms with Crippen LogP contribution >= 0.6 is 0 Å². The number of nitrogens with zero attached hydrogens (tertiary/aromatic N) is 3. The fourth-order valence-electron chi connectivity index (χ4n) is 5.31. The molecule has 2 aromatic rings. The maximum absolute atomic E-state index is 14.4. The van der Waals surface area contributed by atoms with Crippen molar-refractivity contribution in [3.8, 4) is 11.5 Å². The van der Waals surface area contributed by atoms with Crippen molar-refractivity contribution in [1.82, 2.24) is 0 Å². The van der Waals surface area contributed by atoms with Gasteiger partial charge in [-0.1, -0.05) is 12.1 Å². The first kappa shape index (κ1) is 22.1. The van der Waals surface area contributed by atoms with E-state index in [0.717, 1.165) is 67.4 Å². The first-order valence-electron chi connectivity index (χ1n) is 12.2. The van der Waals surface area contributed by atoms with Crippen LogP contribution in [-0.4, -0.2) is 26.0 Å². The summed E-state index contributed by atoms with van der Waals surface area (Å²) in [6.07, 6.45) is 7.59. The first-order chi connectivity index (χ1) is 16.2. The molecule has 0 bridgehead atoms. The van der Waals surface area contributed by atoms with Gasteiger partial charge in [0.25, 0.3) is 0 Å². The molecule has 2 aromatic carbocycles. The van der Waals surface area contributed by atoms with E-state index in [1.807, 2.05) is 6.07 Å². The van der Waals surface area contributed by atoms with Crippen molar-refractivity contribution < 1.29 is 13.9 Å². The summed E-state index contributed by atoms with van der Waals surface area (Å²) in [7, 11) is 1.63. The highest BCUT2D eigenvalue weighted by Gasteiger charge is 2.33. The van der Waals surface area contributed by atoms with Crippen molar-refractivity contribution in [3.05, 3.63) is 59.4 Å². The Morgan fingerprint density at radius 1 is 1.00 bits per heavy atom. The molecule has 2 fully saturated rings. The lowest BCUT2D eigenvalue weighted by molar-refractivity contribution is 0.199. The van der Waals surface area contributed by atoms with Gasteiger partial charge in [0, 0.05) is 0 Å². The number of hydrogen-bond acceptors (Lipinski definition) is 5. The van der Waals surface area contributed by atoms with Gasteiger partial charge in [-0.05, 0) is 115 Å². The van der Waals surface area contributed by atoms with Crippen molar-refractivity contribution in [3.63, 3.8) is 0 Å². The highest BCUT2D eigenvalue weighted by Crippen LogP contribution is 2.45. The molecular weight excluding hydrogens is 417 g/mol. The second-order valence-electron chi connectivity index (χ2n) is 9.69. The molecule has 33 heavy (non-hydrogen) atoms. The molecule has 0 radical (unpaired) electrons. The molecule has 5 nitrogen and oxygen atoms in total. The Morgan fingerprint density at radius 3 is 2.58 bits per heavy atom. The maximum Gasteiger partial charge on any atom is 0.126 e. The third kappa shape index (κ3) is 5.43. The van der Waals surface area contributed by atoms with Gasteiger partial charge in [-0.15, -0.1) is 5.10 Å². The van der Waals surface area contributed by atoms with E-state index in [1.54, 1.807) is 13.2 Å². The average molecular weight is 450 g/mol. The normalized spacial score (nSPS) is 23.3. The van der Waals surface area contributed by atoms with Crippen molar-refractivity contribution in [1.29, 1.82) is 0 Å². The van der Waals surface area contributed by atoms with E-state index in [0.29, 0.717) is 18.4 Å². The van der Waals surface area contributed by atoms with E-state index in [2.05, 4.69) is 39.7 Å². The lowest BCUT2D eigenvalue weighted by Gasteiger charge is -2.29. The summed E-state index contributed by atoms with van der Waals surface area (Å²) in [6, 6.07) is 13.7. The second-order valence-corrected chi connectivity index (χ2v) is 9.69. The van der Waals surface area contributed by atoms with Gasteiger partial charge in [0.15, 0.2) is 0 Å². The van der Waals surface area contributed by atoms with Crippen LogP contribution in [0.2, 0.25) is 0 Å². The Kier molecular flexibility index (Phi) is 6.70. The minimum Gasteiger partial charge on any atom is -0.497 e. The zero-order chi connectivity index (χ0) is 22.6. The monoisotopic (exact) mass is 449 g/mol. The molecule has 0 unspecified atom stereocenters. The van der Waals surface area contributed by atoms with Crippen molar-refractivity contribution in [2.45, 2.75) is 56.8 Å². The highest BCUT2D eigenvalue weighted by molar-refractivity contribution is 5.87. The van der Waals surface area contributed by atoms with Crippen molar-refractivity contribution >= 4 is 5.71 Å². The first-order valence-corrected chi connectivity index (χ1v) is 12.2. The van der Waals surface area contributed by atoms with Crippen LogP contribution in [0.1, 0.15) is 67.9 Å². The fourth-order valence-corrected chi connectivity index (χ4v) is 5.31. The summed E-state index contributed by atoms with van der Waals surface area (Å²) in [4.78, 5) is 0. The second kappa shape index (κ2) is 10.0. The van der Waals surface area contributed by atoms with Gasteiger partial charge in [-0.3, -0.25) is 0 Å². The molecule has 0 N–H and O–H groups in total. The standard InChI is InChI=1S/C27H32FN3O2/c1-32-23-11-12-27(28)26(15-23)20-7-5-18(6-8-20)17-33-24-4-2-3-21(13-24)25(19-9-10-19)14-22-16-29-31-30-22/h2-4,11-13,15,18-20,25H,5-10,14,16-17H2,1H3/t18?,20?,25-/m0/s1. The van der Waals surface area contributed by atoms with Crippen LogP contribution in [0, 0.1) is 17.7 Å². The quantitative estimate of drug-likeness (QED) is 0.418. The predicted octanol–water partition coefficient (Wildman–Crippen LogP) is 6.89. The Bertz CT molecular complexity index is 1030. The van der Waals surface area contributed by atoms with Crippen LogP contribution in [0.25, 0.3) is 0 Å². The molecule has 0 saturated heterocycles. The van der Waals surface area contributed by atoms with Crippen LogP contribution in [-0.2, 0) is 0 Å². The zero-order valence-electron chi connectivity index (χ0n) is 19.3. The molecule has 5 rings (SSSR count). The van der Waals surface area contributed by atoms with E-state index in [1.165, 1.54) is 24.5 Å². The van der Waals surface area contributed by atoms with Gasteiger partial charge in [-0.25, -0.2) is 4.39 Å². The molecule has 0 amide bonds. The Morgan fingerprint density at radius 2 is 1.85 bits per heavy atom. The van der Waals surface area contributed by atoms with Gasteiger partial charge in [0.05, 0.1) is 19.4 Å². The summed E-state index contributed by atoms with van der Waals surface area (Å²) in [6.45, 7) is 1.36. The number of rotatable bonds is 9. The third-order valence-electron chi connectivity index (χ3n) is 7.41. The summed E-state index contributed by atoms with van der Waals surface area (Å²) in [5.74, 6) is 3.53. The highest BCUT2D eigenvalue weighted by atomic mass is 19.1. The summed E-state index contributed by atoms with van der Waals surface area (Å²) >= 11 is 0. The lowest BCUT2D eigenvalue weighted by Crippen LogP contribution is -2.20. The molecule has 1 atom stereocenters. The third-order valence-corrected chi connectivity index (χ3v) is 7.41. The number of ether oxygens (including phenoxy) is 2. The van der Waals surface area contributed by atoms with Gasteiger partial charge in [0.1, 0.15) is 23.9 Å². The Labute approximate surface area is 195 Å². The molecule has 0 spiro atoms. The van der Waals surface area contributed by atoms with E-state index in [4.69, 9.17) is 9.47 Å². The van der Waals surface area contributed by atoms with Crippen molar-refractivity contribution in [2.75, 3.05) is 20.3 Å². The van der Waals surface area contributed by atoms with Gasteiger partial charge >= 0.3 is 0 Å². The molecule has 1 heterocycles. The topological polar surface area (TPSA) is 55.5 Å². The van der Waals surface area contributed by atoms with E-state index < -0.39 is 0 Å². The van der Waals surface area contributed by atoms with Crippen LogP contribution in [0.15, 0.2) is 57.9 Å². The van der Waals surface area contributed by atoms with E-state index in [9.17, 15) is 4.39 Å². The molecule has 0 aromatic heterocycles. The van der Waals surface area contributed by atoms with Crippen LogP contribution < -0.4 is 9.47 Å². The van der Waals surface area contributed by atoms with E-state index in [-0.39, 0.29) is 11.7 Å². The number of hydrogen-bond donors (Lipinski definition) is 0. The number of methoxy groups -OCH3 is 1. The summed E-state index contributed by atoms with van der Waals surface area (Å²) < 4.78 is 25.9. The fraction of sp³-hybridized carbons (Fsp3) is 0.519. The van der Waals surface area contributed by atoms with Gasteiger partial charge < -0.3 is 9.47 Å². The molecule has 6 heteroatoms. The van der Waals surface area contributed by atoms with Crippen LogP contribution in [0.4, 0.5) is 4.39 Å². The Hall–Kier alpha value is -2.76. The lowest BCUT2D eigenvalue weighted by atomic mass is 9.79. The SMILES string of the molecule is COc1ccc(F)c(C2CCC(COc3cccc([C@@H](CC4=NN=NC4)C4CC4)c3)CC2)c1. The smallest absolute Gasteiger partial charge is 0.126 e. The zero-order valence-corrected chi connectivity index (χ0v) is 19.3. The maximum atomic E-state index is 14.4. The van der Waals surface area contributed by atoms with Gasteiger partial charge in [0.2, 0.25) is 0 Å². The van der Waals surface area contributed by atoms with Gasteiger partial charge in [-0.2, -0.15) is 5.11 Å². The van der Waals surface area contributed by atoms with Crippen LogP contribution in [0.5, 0.6) is 11.5 Å². The molecule has 2 saturated carbocycles. The molecule has 174 valence electrons. The van der Waals surface area contributed by atoms with E-state index >= 15 is 0 Å². The minimum atomic E-state index is -0.122. The summed E-state index contributed by atoms with van der Waals surface area (Å²) in [5.41, 5.74) is 3.21.